The second-order valence-corrected chi connectivity index (χ2v) is 6.47. The lowest BCUT2D eigenvalue weighted by Gasteiger charge is -2.34. The van der Waals surface area contributed by atoms with Crippen LogP contribution in [0, 0.1) is 35.4 Å². The van der Waals surface area contributed by atoms with Gasteiger partial charge in [-0.05, 0) is 25.7 Å². The largest absolute Gasteiger partial charge is 0.366 e. The van der Waals surface area contributed by atoms with Gasteiger partial charge in [-0.2, -0.15) is 22.5 Å². The number of halogens is 4. The van der Waals surface area contributed by atoms with E-state index in [0.29, 0.717) is 18.8 Å². The lowest BCUT2D eigenvalue weighted by molar-refractivity contribution is -0.126. The fourth-order valence-electron chi connectivity index (χ4n) is 2.63. The molecule has 0 aliphatic carbocycles. The molecule has 1 aromatic heterocycles. The highest BCUT2D eigenvalue weighted by atomic mass is 19.2. The number of piperidine rings is 1. The van der Waals surface area contributed by atoms with Crippen molar-refractivity contribution in [3.8, 4) is 0 Å². The highest BCUT2D eigenvalue weighted by Crippen LogP contribution is 2.30. The molecule has 1 saturated heterocycles. The summed E-state index contributed by atoms with van der Waals surface area (Å²) in [6.45, 7) is 6.15. The van der Waals surface area contributed by atoms with Crippen LogP contribution in [-0.2, 0) is 4.79 Å². The normalized spacial score (nSPS) is 17.2. The standard InChI is InChI=1S/C16H21F4N3O/c1-8(2)9(3)21-16(24)10-4-6-23(7-5-10)13-11(17)14(19)22-15(20)12(13)18/h8-10H,4-7H2,1-3H3,(H,21,24). The lowest BCUT2D eigenvalue weighted by Crippen LogP contribution is -2.44. The van der Waals surface area contributed by atoms with E-state index in [9.17, 15) is 22.4 Å². The van der Waals surface area contributed by atoms with E-state index in [-0.39, 0.29) is 31.0 Å². The van der Waals surface area contributed by atoms with Crippen molar-refractivity contribution in [3.63, 3.8) is 0 Å². The summed E-state index contributed by atoms with van der Waals surface area (Å²) in [6.07, 6.45) is 0.697. The van der Waals surface area contributed by atoms with Crippen LogP contribution >= 0.6 is 0 Å². The maximum absolute atomic E-state index is 13.8. The first kappa shape index (κ1) is 18.5. The lowest BCUT2D eigenvalue weighted by atomic mass is 9.94. The van der Waals surface area contributed by atoms with Crippen LogP contribution in [0.25, 0.3) is 0 Å². The molecule has 0 saturated carbocycles. The van der Waals surface area contributed by atoms with Crippen molar-refractivity contribution in [1.29, 1.82) is 0 Å². The average molecular weight is 347 g/mol. The average Bonchev–Trinajstić information content (AvgIpc) is 2.53. The number of hydrogen-bond donors (Lipinski definition) is 1. The van der Waals surface area contributed by atoms with Crippen molar-refractivity contribution in [2.45, 2.75) is 39.7 Å². The maximum Gasteiger partial charge on any atom is 0.253 e. The molecule has 0 aromatic carbocycles. The van der Waals surface area contributed by atoms with Crippen molar-refractivity contribution < 1.29 is 22.4 Å². The number of aromatic nitrogens is 1. The molecule has 1 aliphatic rings. The number of hydrogen-bond acceptors (Lipinski definition) is 3. The number of nitrogens with one attached hydrogen (secondary N) is 1. The summed E-state index contributed by atoms with van der Waals surface area (Å²) < 4.78 is 54.0. The molecule has 0 radical (unpaired) electrons. The summed E-state index contributed by atoms with van der Waals surface area (Å²) >= 11 is 0. The zero-order chi connectivity index (χ0) is 18.0. The molecule has 134 valence electrons. The third kappa shape index (κ3) is 3.79. The van der Waals surface area contributed by atoms with E-state index in [4.69, 9.17) is 0 Å². The fraction of sp³-hybridized carbons (Fsp3) is 0.625. The Morgan fingerprint density at radius 1 is 1.08 bits per heavy atom. The van der Waals surface area contributed by atoms with E-state index in [2.05, 4.69) is 10.3 Å². The van der Waals surface area contributed by atoms with E-state index in [1.807, 2.05) is 20.8 Å². The minimum absolute atomic E-state index is 0.0220. The molecule has 4 nitrogen and oxygen atoms in total. The molecule has 1 atom stereocenters. The second-order valence-electron chi connectivity index (χ2n) is 6.47. The number of carbonyl (C=O) groups excluding carboxylic acids is 1. The first-order chi connectivity index (χ1) is 11.2. The Hall–Kier alpha value is -1.86. The van der Waals surface area contributed by atoms with Gasteiger partial charge in [-0.25, -0.2) is 0 Å². The molecule has 1 unspecified atom stereocenters. The van der Waals surface area contributed by atoms with Crippen LogP contribution in [0.5, 0.6) is 0 Å². The molecule has 0 bridgehead atoms. The van der Waals surface area contributed by atoms with Gasteiger partial charge in [0.2, 0.25) is 17.5 Å². The predicted octanol–water partition coefficient (Wildman–Crippen LogP) is 3.02. The second kappa shape index (κ2) is 7.36. The number of carbonyl (C=O) groups is 1. The smallest absolute Gasteiger partial charge is 0.253 e. The van der Waals surface area contributed by atoms with Gasteiger partial charge in [0.1, 0.15) is 5.69 Å². The number of pyridine rings is 1. The quantitative estimate of drug-likeness (QED) is 0.673. The highest BCUT2D eigenvalue weighted by molar-refractivity contribution is 5.79. The van der Waals surface area contributed by atoms with E-state index in [1.54, 1.807) is 0 Å². The number of anilines is 1. The maximum atomic E-state index is 13.8. The third-order valence-corrected chi connectivity index (χ3v) is 4.53. The molecule has 0 spiro atoms. The van der Waals surface area contributed by atoms with Gasteiger partial charge in [-0.1, -0.05) is 13.8 Å². The van der Waals surface area contributed by atoms with Crippen molar-refractivity contribution >= 4 is 11.6 Å². The van der Waals surface area contributed by atoms with Crippen molar-refractivity contribution in [2.75, 3.05) is 18.0 Å². The van der Waals surface area contributed by atoms with Crippen LogP contribution in [0.15, 0.2) is 0 Å². The van der Waals surface area contributed by atoms with Crippen LogP contribution in [0.3, 0.4) is 0 Å². The Kier molecular flexibility index (Phi) is 5.66. The minimum atomic E-state index is -1.67. The molecular formula is C16H21F4N3O. The Balaban J connectivity index is 2.05. The van der Waals surface area contributed by atoms with Crippen molar-refractivity contribution in [3.05, 3.63) is 23.5 Å². The highest BCUT2D eigenvalue weighted by Gasteiger charge is 2.31. The Morgan fingerprint density at radius 3 is 2.04 bits per heavy atom. The van der Waals surface area contributed by atoms with Gasteiger partial charge in [0, 0.05) is 25.0 Å². The SMILES string of the molecule is CC(C)C(C)NC(=O)C1CCN(c2c(F)c(F)nc(F)c2F)CC1. The molecule has 1 aromatic rings. The first-order valence-corrected chi connectivity index (χ1v) is 7.97. The summed E-state index contributed by atoms with van der Waals surface area (Å²) in [5.74, 6) is -6.46. The van der Waals surface area contributed by atoms with Gasteiger partial charge in [-0.15, -0.1) is 0 Å². The predicted molar refractivity (Wildman–Crippen MR) is 81.4 cm³/mol. The Labute approximate surface area is 138 Å². The molecule has 1 amide bonds. The summed E-state index contributed by atoms with van der Waals surface area (Å²) in [5.41, 5.74) is -0.755. The zero-order valence-electron chi connectivity index (χ0n) is 13.9. The molecule has 2 rings (SSSR count). The fourth-order valence-corrected chi connectivity index (χ4v) is 2.63. The number of nitrogens with zero attached hydrogens (tertiary/aromatic N) is 2. The molecule has 2 heterocycles. The van der Waals surface area contributed by atoms with E-state index < -0.39 is 29.2 Å². The van der Waals surface area contributed by atoms with E-state index in [0.717, 1.165) is 0 Å². The van der Waals surface area contributed by atoms with Crippen molar-refractivity contribution in [2.24, 2.45) is 11.8 Å². The summed E-state index contributed by atoms with van der Waals surface area (Å²) in [4.78, 5) is 16.0. The Bertz CT molecular complexity index is 590. The topological polar surface area (TPSA) is 45.2 Å². The molecular weight excluding hydrogens is 326 g/mol. The molecule has 1 N–H and O–H groups in total. The summed E-state index contributed by atoms with van der Waals surface area (Å²) in [7, 11) is 0. The van der Waals surface area contributed by atoms with E-state index >= 15 is 0 Å². The van der Waals surface area contributed by atoms with Crippen LogP contribution in [-0.4, -0.2) is 30.0 Å². The van der Waals surface area contributed by atoms with Gasteiger partial charge >= 0.3 is 0 Å². The van der Waals surface area contributed by atoms with Crippen LogP contribution in [0.4, 0.5) is 23.2 Å². The van der Waals surface area contributed by atoms with Crippen LogP contribution in [0.1, 0.15) is 33.6 Å². The van der Waals surface area contributed by atoms with Gasteiger partial charge < -0.3 is 10.2 Å². The zero-order valence-corrected chi connectivity index (χ0v) is 13.9. The van der Waals surface area contributed by atoms with Crippen molar-refractivity contribution in [1.82, 2.24) is 10.3 Å². The summed E-state index contributed by atoms with van der Waals surface area (Å²) in [6, 6.07) is 0.0220. The van der Waals surface area contributed by atoms with Gasteiger partial charge in [0.15, 0.2) is 0 Å². The van der Waals surface area contributed by atoms with Crippen LogP contribution in [0.2, 0.25) is 0 Å². The van der Waals surface area contributed by atoms with Gasteiger partial charge in [-0.3, -0.25) is 4.79 Å². The Morgan fingerprint density at radius 2 is 1.58 bits per heavy atom. The van der Waals surface area contributed by atoms with Gasteiger partial charge in [0.25, 0.3) is 11.9 Å². The monoisotopic (exact) mass is 347 g/mol. The first-order valence-electron chi connectivity index (χ1n) is 7.97. The molecule has 8 heteroatoms. The number of amides is 1. The number of rotatable bonds is 4. The van der Waals surface area contributed by atoms with Crippen LogP contribution < -0.4 is 10.2 Å². The van der Waals surface area contributed by atoms with E-state index in [1.165, 1.54) is 4.90 Å². The minimum Gasteiger partial charge on any atom is -0.366 e. The third-order valence-electron chi connectivity index (χ3n) is 4.53. The molecule has 1 fully saturated rings. The summed E-state index contributed by atoms with van der Waals surface area (Å²) in [5, 5.41) is 2.91. The molecule has 24 heavy (non-hydrogen) atoms. The molecule has 1 aliphatic heterocycles. The van der Waals surface area contributed by atoms with Gasteiger partial charge in [0.05, 0.1) is 0 Å².